The molecule has 1 aliphatic carbocycles. The summed E-state index contributed by atoms with van der Waals surface area (Å²) in [5.41, 5.74) is 6.01. The van der Waals surface area contributed by atoms with Gasteiger partial charge in [0.05, 0.1) is 18.4 Å². The number of ether oxygens (including phenoxy) is 3. The quantitative estimate of drug-likeness (QED) is 0.0989. The molecule has 0 saturated heterocycles. The third kappa shape index (κ3) is 15.8. The minimum atomic E-state index is -0.971. The van der Waals surface area contributed by atoms with Gasteiger partial charge < -0.3 is 30.4 Å². The van der Waals surface area contributed by atoms with Gasteiger partial charge in [-0.2, -0.15) is 0 Å². The average molecular weight is 579 g/mol. The number of Topliss-reactive ketones (excluding diaryl/α,β-unsaturated/α-hetero) is 1. The van der Waals surface area contributed by atoms with Crippen molar-refractivity contribution in [3.63, 3.8) is 0 Å². The zero-order valence-electron chi connectivity index (χ0n) is 26.2. The van der Waals surface area contributed by atoms with Crippen LogP contribution in [0.4, 0.5) is 4.79 Å². The second-order valence-corrected chi connectivity index (χ2v) is 8.58. The lowest BCUT2D eigenvalue weighted by Gasteiger charge is -2.19. The summed E-state index contributed by atoms with van der Waals surface area (Å²) in [5, 5.41) is 12.5. The highest BCUT2D eigenvalue weighted by atomic mass is 16.6. The van der Waals surface area contributed by atoms with Crippen LogP contribution >= 0.6 is 0 Å². The zero-order valence-corrected chi connectivity index (χ0v) is 26.2. The highest BCUT2D eigenvalue weighted by Crippen LogP contribution is 2.24. The maximum atomic E-state index is 13.0. The monoisotopic (exact) mass is 578 g/mol. The van der Waals surface area contributed by atoms with Gasteiger partial charge in [0, 0.05) is 37.0 Å². The fourth-order valence-electron chi connectivity index (χ4n) is 3.55. The molecule has 0 saturated carbocycles. The third-order valence-corrected chi connectivity index (χ3v) is 5.81. The van der Waals surface area contributed by atoms with Crippen LogP contribution in [0.15, 0.2) is 58.6 Å². The number of hydrogen-bond donors (Lipinski definition) is 3. The van der Waals surface area contributed by atoms with Crippen molar-refractivity contribution >= 4 is 23.6 Å². The molecule has 0 aromatic heterocycles. The molecule has 2 atom stereocenters. The highest BCUT2D eigenvalue weighted by Gasteiger charge is 2.27. The van der Waals surface area contributed by atoms with Gasteiger partial charge in [-0.1, -0.05) is 45.9 Å². The van der Waals surface area contributed by atoms with Gasteiger partial charge in [0.2, 0.25) is 5.78 Å². The van der Waals surface area contributed by atoms with E-state index in [1.807, 2.05) is 27.7 Å². The van der Waals surface area contributed by atoms with E-state index >= 15 is 0 Å². The molecule has 10 nitrogen and oxygen atoms in total. The van der Waals surface area contributed by atoms with Crippen LogP contribution in [-0.4, -0.2) is 61.7 Å². The van der Waals surface area contributed by atoms with E-state index in [4.69, 9.17) is 19.9 Å². The Kier molecular flexibility index (Phi) is 22.5. The molecule has 2 amide bonds. The van der Waals surface area contributed by atoms with E-state index in [1.54, 1.807) is 52.4 Å². The maximum absolute atomic E-state index is 13.0. The van der Waals surface area contributed by atoms with Gasteiger partial charge in [-0.3, -0.25) is 14.4 Å². The number of rotatable bonds is 15. The van der Waals surface area contributed by atoms with Crippen LogP contribution in [-0.2, 0) is 28.6 Å². The molecule has 0 aromatic rings. The molecule has 0 heterocycles. The van der Waals surface area contributed by atoms with E-state index in [9.17, 15) is 24.3 Å². The number of aliphatic hydroxyl groups is 1. The third-order valence-electron chi connectivity index (χ3n) is 5.81. The first-order chi connectivity index (χ1) is 19.5. The number of amides is 2. The maximum Gasteiger partial charge on any atom is 0.405 e. The molecule has 0 aliphatic heterocycles. The van der Waals surface area contributed by atoms with Gasteiger partial charge in [0.15, 0.2) is 11.9 Å². The summed E-state index contributed by atoms with van der Waals surface area (Å²) in [6.45, 7) is 13.1. The van der Waals surface area contributed by atoms with E-state index < -0.39 is 18.1 Å². The Labute approximate surface area is 245 Å². The fourth-order valence-corrected chi connectivity index (χ4v) is 3.55. The summed E-state index contributed by atoms with van der Waals surface area (Å²) in [6, 6.07) is 0. The Hall–Kier alpha value is -3.50. The minimum absolute atomic E-state index is 0.0413. The summed E-state index contributed by atoms with van der Waals surface area (Å²) in [6.07, 6.45) is 8.34. The van der Waals surface area contributed by atoms with Crippen molar-refractivity contribution in [2.75, 3.05) is 20.8 Å². The van der Waals surface area contributed by atoms with Gasteiger partial charge in [0.1, 0.15) is 5.76 Å². The number of methoxy groups -OCH3 is 2. The molecular formula is C31H50N2O8. The SMILES string of the molecule is CC.CC.COC/C=C\C=C(/C)C(=O)NC1=CC(=O)C(C)=C(CCCC(CC/C=C(\O)C(C)OC(N)=O)OC)C1=O. The summed E-state index contributed by atoms with van der Waals surface area (Å²) >= 11 is 0. The lowest BCUT2D eigenvalue weighted by atomic mass is 9.89. The molecule has 0 spiro atoms. The van der Waals surface area contributed by atoms with Crippen molar-refractivity contribution in [3.05, 3.63) is 58.6 Å². The summed E-state index contributed by atoms with van der Waals surface area (Å²) in [5.74, 6) is -1.26. The van der Waals surface area contributed by atoms with Crippen LogP contribution in [0.2, 0.25) is 0 Å². The van der Waals surface area contributed by atoms with Crippen LogP contribution in [0.5, 0.6) is 0 Å². The van der Waals surface area contributed by atoms with Crippen molar-refractivity contribution in [2.24, 2.45) is 5.73 Å². The number of ketones is 2. The summed E-state index contributed by atoms with van der Waals surface area (Å²) in [7, 11) is 3.13. The number of carbonyl (C=O) groups is 4. The zero-order chi connectivity index (χ0) is 32.0. The van der Waals surface area contributed by atoms with Crippen LogP contribution in [0.25, 0.3) is 0 Å². The normalized spacial score (nSPS) is 15.3. The van der Waals surface area contributed by atoms with Crippen LogP contribution in [0.1, 0.15) is 80.6 Å². The number of aliphatic hydroxyl groups excluding tert-OH is 1. The average Bonchev–Trinajstić information content (AvgIpc) is 2.96. The topological polar surface area (TPSA) is 154 Å². The van der Waals surface area contributed by atoms with Gasteiger partial charge in [0.25, 0.3) is 5.91 Å². The second kappa shape index (κ2) is 23.2. The van der Waals surface area contributed by atoms with Gasteiger partial charge in [-0.05, 0) is 59.0 Å². The van der Waals surface area contributed by atoms with Crippen molar-refractivity contribution in [1.29, 1.82) is 0 Å². The molecule has 0 aromatic carbocycles. The smallest absolute Gasteiger partial charge is 0.405 e. The van der Waals surface area contributed by atoms with Crippen molar-refractivity contribution < 1.29 is 38.5 Å². The molecule has 0 radical (unpaired) electrons. The summed E-state index contributed by atoms with van der Waals surface area (Å²) < 4.78 is 15.1. The Morgan fingerprint density at radius 2 is 1.76 bits per heavy atom. The molecule has 232 valence electrons. The number of carbonyl (C=O) groups excluding carboxylic acids is 4. The first kappa shape index (κ1) is 39.6. The van der Waals surface area contributed by atoms with E-state index in [1.165, 1.54) is 6.92 Å². The number of nitrogens with two attached hydrogens (primary N) is 1. The number of hydrogen-bond acceptors (Lipinski definition) is 8. The Morgan fingerprint density at radius 1 is 1.12 bits per heavy atom. The largest absolute Gasteiger partial charge is 0.509 e. The van der Waals surface area contributed by atoms with Gasteiger partial charge in [-0.15, -0.1) is 0 Å². The molecule has 41 heavy (non-hydrogen) atoms. The van der Waals surface area contributed by atoms with E-state index in [-0.39, 0.29) is 29.1 Å². The van der Waals surface area contributed by atoms with Crippen molar-refractivity contribution in [2.45, 2.75) is 92.8 Å². The predicted molar refractivity (Wildman–Crippen MR) is 161 cm³/mol. The van der Waals surface area contributed by atoms with Crippen molar-refractivity contribution in [3.8, 4) is 0 Å². The minimum Gasteiger partial charge on any atom is -0.509 e. The Bertz CT molecular complexity index is 1010. The van der Waals surface area contributed by atoms with Crippen molar-refractivity contribution in [1.82, 2.24) is 5.32 Å². The molecule has 1 rings (SSSR count). The van der Waals surface area contributed by atoms with E-state index in [0.29, 0.717) is 55.4 Å². The molecule has 0 bridgehead atoms. The molecule has 0 fully saturated rings. The van der Waals surface area contributed by atoms with Gasteiger partial charge in [-0.25, -0.2) is 4.79 Å². The van der Waals surface area contributed by atoms with E-state index in [2.05, 4.69) is 5.32 Å². The summed E-state index contributed by atoms with van der Waals surface area (Å²) in [4.78, 5) is 48.7. The Balaban J connectivity index is 0. The first-order valence-corrected chi connectivity index (χ1v) is 14.0. The molecule has 2 unspecified atom stereocenters. The molecule has 4 N–H and O–H groups in total. The second-order valence-electron chi connectivity index (χ2n) is 8.58. The van der Waals surface area contributed by atoms with E-state index in [0.717, 1.165) is 6.08 Å². The lowest BCUT2D eigenvalue weighted by Crippen LogP contribution is -2.32. The number of primary amides is 1. The van der Waals surface area contributed by atoms with Crippen LogP contribution < -0.4 is 11.1 Å². The van der Waals surface area contributed by atoms with Crippen LogP contribution in [0, 0.1) is 0 Å². The fraction of sp³-hybridized carbons (Fsp3) is 0.548. The highest BCUT2D eigenvalue weighted by molar-refractivity contribution is 6.23. The number of nitrogens with one attached hydrogen (secondary N) is 1. The lowest BCUT2D eigenvalue weighted by molar-refractivity contribution is -0.120. The molecular weight excluding hydrogens is 528 g/mol. The Morgan fingerprint density at radius 3 is 2.32 bits per heavy atom. The standard InChI is InChI=1S/C27H38N2O8.2C2H6/c1-17(10-6-7-15-35-4)26(33)29-22-16-24(31)18(2)21(25(22)32)13-8-11-20(36-5)12-9-14-23(30)19(3)37-27(28)34;2*1-2/h6-7,10,14,16,19-20,30H,8-9,11-13,15H2,1-5H3,(H2,28,34)(H,29,33);2*1-2H3/b7-6-,17-10+,23-14-;;. The molecule has 1 aliphatic rings. The first-order valence-electron chi connectivity index (χ1n) is 14.0. The molecule has 10 heteroatoms. The van der Waals surface area contributed by atoms with Crippen LogP contribution in [0.3, 0.4) is 0 Å². The van der Waals surface area contributed by atoms with Gasteiger partial charge >= 0.3 is 6.09 Å². The predicted octanol–water partition coefficient (Wildman–Crippen LogP) is 5.55. The number of allylic oxidation sites excluding steroid dienone is 6.